The molecule has 1 N–H and O–H groups in total. The lowest BCUT2D eigenvalue weighted by Gasteiger charge is -2.27. The molecule has 0 amide bonds. The Hall–Kier alpha value is -2.70. The number of alkyl halides is 7. The Kier molecular flexibility index (Phi) is 5.19. The van der Waals surface area contributed by atoms with Gasteiger partial charge in [0.05, 0.1) is 12.8 Å². The summed E-state index contributed by atoms with van der Waals surface area (Å²) in [6, 6.07) is -0.417. The van der Waals surface area contributed by atoms with Crippen molar-refractivity contribution >= 4 is 17.1 Å². The first-order valence-electron chi connectivity index (χ1n) is 7.49. The molecule has 1 aromatic heterocycles. The van der Waals surface area contributed by atoms with Gasteiger partial charge in [0, 0.05) is 22.2 Å². The first kappa shape index (κ1) is 20.6. The number of terminal acetylenes is 1. The fraction of sp³-hybridized carbons (Fsp3) is 0.353. The van der Waals surface area contributed by atoms with E-state index in [1.54, 1.807) is 36.6 Å². The van der Waals surface area contributed by atoms with Crippen LogP contribution < -0.4 is 5.43 Å². The molecule has 0 bridgehead atoms. The highest BCUT2D eigenvalue weighted by molar-refractivity contribution is 6.01. The third kappa shape index (κ3) is 3.59. The van der Waals surface area contributed by atoms with E-state index in [9.17, 15) is 30.7 Å². The lowest BCUT2D eigenvalue weighted by atomic mass is 10.1. The van der Waals surface area contributed by atoms with Gasteiger partial charge in [-0.05, 0) is 26.0 Å². The molecule has 0 saturated heterocycles. The van der Waals surface area contributed by atoms with Crippen molar-refractivity contribution in [3.8, 4) is 12.3 Å². The van der Waals surface area contributed by atoms with Crippen molar-refractivity contribution in [3.05, 3.63) is 35.0 Å². The molecule has 10 heteroatoms. The Labute approximate surface area is 149 Å². The van der Waals surface area contributed by atoms with Gasteiger partial charge in [0.15, 0.2) is 0 Å². The molecule has 0 radical (unpaired) electrons. The van der Waals surface area contributed by atoms with Gasteiger partial charge in [0.25, 0.3) is 0 Å². The van der Waals surface area contributed by atoms with Crippen LogP contribution in [0.5, 0.6) is 0 Å². The molecule has 1 heterocycles. The topological polar surface area (TPSA) is 29.3 Å². The van der Waals surface area contributed by atoms with Crippen LogP contribution in [0.15, 0.2) is 23.3 Å². The number of nitrogens with one attached hydrogen (secondary N) is 1. The van der Waals surface area contributed by atoms with Crippen LogP contribution in [0.2, 0.25) is 0 Å². The van der Waals surface area contributed by atoms with Crippen LogP contribution >= 0.6 is 0 Å². The quantitative estimate of drug-likeness (QED) is 0.260. The molecule has 2 rings (SSSR count). The highest BCUT2D eigenvalue weighted by atomic mass is 19.4. The molecular formula is C17H14F7N3. The van der Waals surface area contributed by atoms with Crippen molar-refractivity contribution in [2.24, 2.45) is 5.10 Å². The van der Waals surface area contributed by atoms with Crippen molar-refractivity contribution in [2.45, 2.75) is 38.5 Å². The predicted octanol–water partition coefficient (Wildman–Crippen LogP) is 4.61. The van der Waals surface area contributed by atoms with E-state index < -0.39 is 18.1 Å². The summed E-state index contributed by atoms with van der Waals surface area (Å²) >= 11 is 0. The number of hydrogen-bond acceptors (Lipinski definition) is 2. The van der Waals surface area contributed by atoms with E-state index >= 15 is 0 Å². The van der Waals surface area contributed by atoms with Gasteiger partial charge in [0.1, 0.15) is 0 Å². The van der Waals surface area contributed by atoms with E-state index in [1.807, 2.05) is 0 Å². The Morgan fingerprint density at radius 1 is 1.15 bits per heavy atom. The maximum absolute atomic E-state index is 13.3. The van der Waals surface area contributed by atoms with Gasteiger partial charge in [0.2, 0.25) is 0 Å². The minimum absolute atomic E-state index is 0.148. The predicted molar refractivity (Wildman–Crippen MR) is 86.9 cm³/mol. The maximum atomic E-state index is 13.3. The number of aromatic nitrogens is 1. The third-order valence-corrected chi connectivity index (χ3v) is 3.93. The van der Waals surface area contributed by atoms with E-state index in [1.165, 1.54) is 0 Å². The van der Waals surface area contributed by atoms with Crippen LogP contribution in [0.25, 0.3) is 10.9 Å². The molecular weight excluding hydrogens is 379 g/mol. The van der Waals surface area contributed by atoms with Crippen molar-refractivity contribution < 1.29 is 30.7 Å². The van der Waals surface area contributed by atoms with Gasteiger partial charge in [-0.1, -0.05) is 17.6 Å². The minimum atomic E-state index is -6.44. The molecule has 0 aliphatic heterocycles. The van der Waals surface area contributed by atoms with Crippen LogP contribution in [-0.2, 0) is 6.54 Å². The molecule has 0 saturated carbocycles. The number of nitrogens with zero attached hydrogens (tertiary/aromatic N) is 2. The highest BCUT2D eigenvalue weighted by Gasteiger charge is 2.73. The van der Waals surface area contributed by atoms with Crippen LogP contribution in [0.4, 0.5) is 30.7 Å². The van der Waals surface area contributed by atoms with Crippen molar-refractivity contribution in [1.29, 1.82) is 0 Å². The SMILES string of the molecule is C#CCn1c(C)c(/C=N/NC(F)(F)C(F)(F)C(F)(F)F)c2cc(C)ccc21. The highest BCUT2D eigenvalue weighted by Crippen LogP contribution is 2.45. The molecule has 0 aliphatic carbocycles. The number of fused-ring (bicyclic) bond motifs is 1. The Morgan fingerprint density at radius 3 is 2.33 bits per heavy atom. The van der Waals surface area contributed by atoms with Crippen LogP contribution in [0.1, 0.15) is 16.8 Å². The van der Waals surface area contributed by atoms with E-state index in [0.29, 0.717) is 22.0 Å². The number of benzene rings is 1. The third-order valence-electron chi connectivity index (χ3n) is 3.93. The summed E-state index contributed by atoms with van der Waals surface area (Å²) in [5, 5.41) is 3.48. The van der Waals surface area contributed by atoms with Gasteiger partial charge < -0.3 is 4.57 Å². The molecule has 2 aromatic rings. The normalized spacial score (nSPS) is 13.3. The van der Waals surface area contributed by atoms with Crippen molar-refractivity contribution in [1.82, 2.24) is 9.99 Å². The summed E-state index contributed by atoms with van der Waals surface area (Å²) < 4.78 is 90.4. The molecule has 0 unspecified atom stereocenters. The molecule has 0 atom stereocenters. The Balaban J connectivity index is 2.43. The zero-order valence-corrected chi connectivity index (χ0v) is 14.1. The fourth-order valence-electron chi connectivity index (χ4n) is 2.51. The summed E-state index contributed by atoms with van der Waals surface area (Å²) in [4.78, 5) is 0. The molecule has 3 nitrogen and oxygen atoms in total. The summed E-state index contributed by atoms with van der Waals surface area (Å²) in [5.41, 5.74) is 2.84. The minimum Gasteiger partial charge on any atom is -0.333 e. The molecule has 0 aliphatic rings. The summed E-state index contributed by atoms with van der Waals surface area (Å²) in [6.07, 6.45) is -0.368. The smallest absolute Gasteiger partial charge is 0.333 e. The molecule has 146 valence electrons. The standard InChI is InChI=1S/C17H14F7N3/c1-4-7-27-11(3)13(12-8-10(2)5-6-14(12)27)9-25-26-17(23,24)15(18,19)16(20,21)22/h1,5-6,8-9,26H,7H2,2-3H3/b25-9+. The summed E-state index contributed by atoms with van der Waals surface area (Å²) in [5.74, 6) is -3.87. The van der Waals surface area contributed by atoms with E-state index in [4.69, 9.17) is 6.42 Å². The van der Waals surface area contributed by atoms with E-state index in [-0.39, 0.29) is 12.1 Å². The lowest BCUT2D eigenvalue weighted by Crippen LogP contribution is -2.58. The van der Waals surface area contributed by atoms with E-state index in [0.717, 1.165) is 11.8 Å². The van der Waals surface area contributed by atoms with Gasteiger partial charge in [-0.25, -0.2) is 5.43 Å². The number of aryl methyl sites for hydroxylation is 1. The number of halogens is 7. The zero-order valence-electron chi connectivity index (χ0n) is 14.1. The maximum Gasteiger partial charge on any atom is 0.462 e. The molecule has 0 fully saturated rings. The fourth-order valence-corrected chi connectivity index (χ4v) is 2.51. The lowest BCUT2D eigenvalue weighted by molar-refractivity contribution is -0.361. The molecule has 27 heavy (non-hydrogen) atoms. The van der Waals surface area contributed by atoms with E-state index in [2.05, 4.69) is 11.0 Å². The van der Waals surface area contributed by atoms with Crippen molar-refractivity contribution in [2.75, 3.05) is 0 Å². The average molecular weight is 393 g/mol. The second kappa shape index (κ2) is 6.79. The Morgan fingerprint density at radius 2 is 1.78 bits per heavy atom. The van der Waals surface area contributed by atoms with Crippen LogP contribution in [0.3, 0.4) is 0 Å². The summed E-state index contributed by atoms with van der Waals surface area (Å²) in [7, 11) is 0. The Bertz CT molecular complexity index is 917. The van der Waals surface area contributed by atoms with Crippen LogP contribution in [-0.4, -0.2) is 28.9 Å². The number of hydrogen-bond donors (Lipinski definition) is 1. The monoisotopic (exact) mass is 393 g/mol. The molecule has 0 spiro atoms. The van der Waals surface area contributed by atoms with Gasteiger partial charge in [-0.3, -0.25) is 0 Å². The van der Waals surface area contributed by atoms with Crippen molar-refractivity contribution in [3.63, 3.8) is 0 Å². The number of hydrazone groups is 1. The first-order chi connectivity index (χ1) is 12.3. The second-order valence-corrected chi connectivity index (χ2v) is 5.83. The average Bonchev–Trinajstić information content (AvgIpc) is 2.79. The number of rotatable bonds is 5. The van der Waals surface area contributed by atoms with Crippen LogP contribution in [0, 0.1) is 26.2 Å². The van der Waals surface area contributed by atoms with Gasteiger partial charge in [-0.15, -0.1) is 6.42 Å². The zero-order chi connectivity index (χ0) is 20.6. The first-order valence-corrected chi connectivity index (χ1v) is 7.49. The molecule has 1 aromatic carbocycles. The van der Waals surface area contributed by atoms with Gasteiger partial charge >= 0.3 is 18.1 Å². The van der Waals surface area contributed by atoms with Gasteiger partial charge in [-0.2, -0.15) is 35.8 Å². The summed E-state index contributed by atoms with van der Waals surface area (Å²) in [6.45, 7) is 3.51. The second-order valence-electron chi connectivity index (χ2n) is 5.83. The largest absolute Gasteiger partial charge is 0.462 e.